The highest BCUT2D eigenvalue weighted by atomic mass is 35.5. The Balaban J connectivity index is 1.52. The number of carbonyl (C=O) groups excluding carboxylic acids is 1. The van der Waals surface area contributed by atoms with E-state index < -0.39 is 0 Å². The summed E-state index contributed by atoms with van der Waals surface area (Å²) in [5.41, 5.74) is 2.40. The average molecular weight is 353 g/mol. The third-order valence-corrected chi connectivity index (χ3v) is 3.83. The standard InChI is InChI=1S/C19H17ClN4O/c20-16-8-6-15(7-9-16)12-21-18-11-10-17(23-24-18)19(25)22-13-14-4-2-1-3-5-14/h1-11H,12-13H2,(H,21,24)(H,22,25). The van der Waals surface area contributed by atoms with Crippen molar-refractivity contribution in [2.75, 3.05) is 5.32 Å². The molecule has 25 heavy (non-hydrogen) atoms. The van der Waals surface area contributed by atoms with Crippen LogP contribution in [-0.4, -0.2) is 16.1 Å². The summed E-state index contributed by atoms with van der Waals surface area (Å²) < 4.78 is 0. The first-order valence-electron chi connectivity index (χ1n) is 7.85. The van der Waals surface area contributed by atoms with Gasteiger partial charge in [0.25, 0.3) is 5.91 Å². The number of hydrogen-bond acceptors (Lipinski definition) is 4. The van der Waals surface area contributed by atoms with Gasteiger partial charge in [0.15, 0.2) is 5.69 Å². The summed E-state index contributed by atoms with van der Waals surface area (Å²) >= 11 is 5.86. The predicted molar refractivity (Wildman–Crippen MR) is 98.4 cm³/mol. The second kappa shape index (κ2) is 8.26. The first kappa shape index (κ1) is 16.9. The van der Waals surface area contributed by atoms with Crippen LogP contribution in [0.25, 0.3) is 0 Å². The Morgan fingerprint density at radius 3 is 2.24 bits per heavy atom. The molecule has 3 aromatic rings. The molecule has 3 rings (SSSR count). The van der Waals surface area contributed by atoms with Crippen LogP contribution in [-0.2, 0) is 13.1 Å². The van der Waals surface area contributed by atoms with Crippen molar-refractivity contribution in [2.24, 2.45) is 0 Å². The highest BCUT2D eigenvalue weighted by Gasteiger charge is 2.08. The largest absolute Gasteiger partial charge is 0.365 e. The minimum Gasteiger partial charge on any atom is -0.365 e. The van der Waals surface area contributed by atoms with E-state index in [-0.39, 0.29) is 11.6 Å². The molecule has 0 bridgehead atoms. The van der Waals surface area contributed by atoms with E-state index in [9.17, 15) is 4.79 Å². The number of anilines is 1. The van der Waals surface area contributed by atoms with Crippen LogP contribution in [0.3, 0.4) is 0 Å². The third-order valence-electron chi connectivity index (χ3n) is 3.58. The van der Waals surface area contributed by atoms with Gasteiger partial charge in [-0.3, -0.25) is 4.79 Å². The van der Waals surface area contributed by atoms with Crippen LogP contribution < -0.4 is 10.6 Å². The van der Waals surface area contributed by atoms with Crippen LogP contribution in [0.4, 0.5) is 5.82 Å². The fourth-order valence-corrected chi connectivity index (χ4v) is 2.34. The van der Waals surface area contributed by atoms with Crippen molar-refractivity contribution in [3.63, 3.8) is 0 Å². The lowest BCUT2D eigenvalue weighted by Gasteiger charge is -2.07. The van der Waals surface area contributed by atoms with Crippen molar-refractivity contribution in [1.29, 1.82) is 0 Å². The summed E-state index contributed by atoms with van der Waals surface area (Å²) in [5.74, 6) is 0.357. The molecule has 1 heterocycles. The number of rotatable bonds is 6. The van der Waals surface area contributed by atoms with Crippen LogP contribution in [0.15, 0.2) is 66.7 Å². The highest BCUT2D eigenvalue weighted by molar-refractivity contribution is 6.30. The third kappa shape index (κ3) is 5.02. The Morgan fingerprint density at radius 2 is 1.56 bits per heavy atom. The van der Waals surface area contributed by atoms with Crippen LogP contribution in [0, 0.1) is 0 Å². The Hall–Kier alpha value is -2.92. The highest BCUT2D eigenvalue weighted by Crippen LogP contribution is 2.11. The Labute approximate surface area is 151 Å². The van der Waals surface area contributed by atoms with Crippen molar-refractivity contribution in [3.05, 3.63) is 88.6 Å². The van der Waals surface area contributed by atoms with Gasteiger partial charge in [-0.2, -0.15) is 0 Å². The molecule has 0 unspecified atom stereocenters. The molecule has 6 heteroatoms. The number of benzene rings is 2. The maximum absolute atomic E-state index is 12.1. The molecule has 0 aliphatic rings. The lowest BCUT2D eigenvalue weighted by molar-refractivity contribution is 0.0945. The number of hydrogen-bond donors (Lipinski definition) is 2. The van der Waals surface area contributed by atoms with Gasteiger partial charge in [-0.25, -0.2) is 0 Å². The smallest absolute Gasteiger partial charge is 0.272 e. The van der Waals surface area contributed by atoms with Gasteiger partial charge >= 0.3 is 0 Å². The molecule has 0 atom stereocenters. The van der Waals surface area contributed by atoms with Gasteiger partial charge in [0, 0.05) is 18.1 Å². The fraction of sp³-hybridized carbons (Fsp3) is 0.105. The normalized spacial score (nSPS) is 10.3. The minimum absolute atomic E-state index is 0.249. The van der Waals surface area contributed by atoms with Crippen molar-refractivity contribution >= 4 is 23.3 Å². The molecule has 2 N–H and O–H groups in total. The molecule has 0 saturated carbocycles. The molecular weight excluding hydrogens is 336 g/mol. The number of nitrogens with zero attached hydrogens (tertiary/aromatic N) is 2. The summed E-state index contributed by atoms with van der Waals surface area (Å²) in [5, 5.41) is 14.7. The second-order valence-electron chi connectivity index (χ2n) is 5.45. The zero-order chi connectivity index (χ0) is 17.5. The Kier molecular flexibility index (Phi) is 5.59. The molecule has 0 fully saturated rings. The topological polar surface area (TPSA) is 66.9 Å². The Bertz CT molecular complexity index is 820. The van der Waals surface area contributed by atoms with Gasteiger partial charge in [0.1, 0.15) is 5.82 Å². The zero-order valence-corrected chi connectivity index (χ0v) is 14.2. The van der Waals surface area contributed by atoms with E-state index in [0.717, 1.165) is 11.1 Å². The van der Waals surface area contributed by atoms with Crippen LogP contribution in [0.2, 0.25) is 5.02 Å². The van der Waals surface area contributed by atoms with Crippen LogP contribution >= 0.6 is 11.6 Å². The molecule has 5 nitrogen and oxygen atoms in total. The van der Waals surface area contributed by atoms with E-state index in [0.29, 0.717) is 23.9 Å². The molecule has 0 saturated heterocycles. The number of halogens is 1. The number of aromatic nitrogens is 2. The van der Waals surface area contributed by atoms with E-state index >= 15 is 0 Å². The van der Waals surface area contributed by atoms with Gasteiger partial charge in [0.05, 0.1) is 0 Å². The van der Waals surface area contributed by atoms with Gasteiger partial charge in [-0.1, -0.05) is 54.1 Å². The maximum Gasteiger partial charge on any atom is 0.272 e. The van der Waals surface area contributed by atoms with E-state index in [1.54, 1.807) is 12.1 Å². The average Bonchev–Trinajstić information content (AvgIpc) is 2.67. The predicted octanol–water partition coefficient (Wildman–Crippen LogP) is 3.67. The quantitative estimate of drug-likeness (QED) is 0.710. The fourth-order valence-electron chi connectivity index (χ4n) is 2.21. The Morgan fingerprint density at radius 1 is 0.840 bits per heavy atom. The summed E-state index contributed by atoms with van der Waals surface area (Å²) in [6.07, 6.45) is 0. The van der Waals surface area contributed by atoms with Crippen molar-refractivity contribution in [2.45, 2.75) is 13.1 Å². The number of carbonyl (C=O) groups is 1. The molecule has 1 amide bonds. The first-order valence-corrected chi connectivity index (χ1v) is 8.23. The minimum atomic E-state index is -0.249. The molecule has 1 aromatic heterocycles. The van der Waals surface area contributed by atoms with E-state index in [1.165, 1.54) is 0 Å². The van der Waals surface area contributed by atoms with E-state index in [1.807, 2.05) is 54.6 Å². The molecule has 126 valence electrons. The lowest BCUT2D eigenvalue weighted by atomic mass is 10.2. The molecule has 2 aromatic carbocycles. The molecule has 0 aliphatic heterocycles. The summed E-state index contributed by atoms with van der Waals surface area (Å²) in [4.78, 5) is 12.1. The van der Waals surface area contributed by atoms with Gasteiger partial charge in [0.2, 0.25) is 0 Å². The molecule has 0 radical (unpaired) electrons. The van der Waals surface area contributed by atoms with Crippen molar-refractivity contribution in [1.82, 2.24) is 15.5 Å². The number of nitrogens with one attached hydrogen (secondary N) is 2. The summed E-state index contributed by atoms with van der Waals surface area (Å²) in [7, 11) is 0. The van der Waals surface area contributed by atoms with Gasteiger partial charge in [-0.05, 0) is 35.4 Å². The second-order valence-corrected chi connectivity index (χ2v) is 5.89. The van der Waals surface area contributed by atoms with Crippen LogP contribution in [0.1, 0.15) is 21.6 Å². The van der Waals surface area contributed by atoms with Crippen LogP contribution in [0.5, 0.6) is 0 Å². The van der Waals surface area contributed by atoms with Crippen molar-refractivity contribution in [3.8, 4) is 0 Å². The van der Waals surface area contributed by atoms with E-state index in [4.69, 9.17) is 11.6 Å². The molecular formula is C19H17ClN4O. The van der Waals surface area contributed by atoms with E-state index in [2.05, 4.69) is 20.8 Å². The SMILES string of the molecule is O=C(NCc1ccccc1)c1ccc(NCc2ccc(Cl)cc2)nn1. The molecule has 0 aliphatic carbocycles. The summed E-state index contributed by atoms with van der Waals surface area (Å²) in [6, 6.07) is 20.7. The van der Waals surface area contributed by atoms with Crippen molar-refractivity contribution < 1.29 is 4.79 Å². The molecule has 0 spiro atoms. The summed E-state index contributed by atoms with van der Waals surface area (Å²) in [6.45, 7) is 1.06. The monoisotopic (exact) mass is 352 g/mol. The maximum atomic E-state index is 12.1. The zero-order valence-electron chi connectivity index (χ0n) is 13.4. The van der Waals surface area contributed by atoms with Gasteiger partial charge < -0.3 is 10.6 Å². The van der Waals surface area contributed by atoms with Gasteiger partial charge in [-0.15, -0.1) is 10.2 Å². The number of amides is 1. The first-order chi connectivity index (χ1) is 12.2. The lowest BCUT2D eigenvalue weighted by Crippen LogP contribution is -2.24.